The van der Waals surface area contributed by atoms with Gasteiger partial charge in [0, 0.05) is 87.7 Å². The number of sulfonamides is 1. The number of nitrogens with one attached hydrogen (secondary N) is 1. The Morgan fingerprint density at radius 1 is 0.972 bits per heavy atom. The molecule has 0 aliphatic heterocycles. The fourth-order valence-corrected chi connectivity index (χ4v) is 9.64. The van der Waals surface area contributed by atoms with Crippen LogP contribution in [0.3, 0.4) is 0 Å². The van der Waals surface area contributed by atoms with Crippen molar-refractivity contribution in [2.45, 2.75) is 118 Å². The number of ether oxygens (including phenoxy) is 6. The molecule has 412 valence electrons. The van der Waals surface area contributed by atoms with Gasteiger partial charge in [0.2, 0.25) is 21.8 Å². The Morgan fingerprint density at radius 3 is 1.94 bits per heavy atom. The molecule has 1 saturated carbocycles. The van der Waals surface area contributed by atoms with Crippen LogP contribution in [0.25, 0.3) is 0 Å². The van der Waals surface area contributed by atoms with Gasteiger partial charge in [-0.3, -0.25) is 14.2 Å². The standard InChI is InChI=1S/C23H31N5O6S.C15H27NO2.C7H14O4.C5H12O2.H3N/c1-5-6-11-28-22(29)20(16-24)17(2)21(23(28)30)26-25-18-7-9-19(10-8-18)35(31,32)27(12-14-33-3)13-15-34-4;1-11(17)6-13-7-14(3,4)9-15(5,8-13)10-16-12(2)18;1-7(4-10-2,5-11-3)6(8)9;1-5(7-3)4-6-2;/h7-10,29H,5-6,11-15H2,1-4H3;13H,6-10H2,1-5H3,(H,16,18);4-5H2,1-3H3,(H,8,9);5H,4H2,1-3H3;1H3. The number of aliphatic carboxylic acids is 1. The number of hydrogen-bond acceptors (Lipinski definition) is 17. The molecule has 2 aromatic rings. The fourth-order valence-electron chi connectivity index (χ4n) is 8.23. The van der Waals surface area contributed by atoms with Gasteiger partial charge in [-0.2, -0.15) is 14.7 Å². The first-order valence-electron chi connectivity index (χ1n) is 23.5. The fraction of sp³-hybridized carbons (Fsp3) is 0.700. The number of aromatic nitrogens is 1. The SMILES string of the molecule is CC(=O)CC1CC(C)(C)CC(C)(CNC(C)=O)C1.CCCCn1c(O)c(C#N)c(C)c(N=Nc2ccc(S(=O)(=O)N(CCOC)CCOC)cc2)c1=O.COCC(C)(COC)C(=O)[O-].COCC(C)OC.[NH4+]. The van der Waals surface area contributed by atoms with E-state index in [0.29, 0.717) is 31.1 Å². The smallest absolute Gasteiger partial charge is 0.281 e. The second-order valence-electron chi connectivity index (χ2n) is 19.1. The van der Waals surface area contributed by atoms with Crippen LogP contribution in [0.15, 0.2) is 44.2 Å². The number of rotatable bonds is 25. The zero-order valence-electron chi connectivity index (χ0n) is 46.0. The van der Waals surface area contributed by atoms with Crippen LogP contribution < -0.4 is 22.1 Å². The van der Waals surface area contributed by atoms with Crippen LogP contribution >= 0.6 is 0 Å². The summed E-state index contributed by atoms with van der Waals surface area (Å²) in [5, 5.41) is 41.3. The molecule has 1 aliphatic rings. The van der Waals surface area contributed by atoms with E-state index in [1.165, 1.54) is 70.9 Å². The van der Waals surface area contributed by atoms with Crippen molar-refractivity contribution in [3.8, 4) is 11.9 Å². The lowest BCUT2D eigenvalue weighted by molar-refractivity contribution is -0.322. The molecule has 6 N–H and O–H groups in total. The second kappa shape index (κ2) is 34.7. The highest BCUT2D eigenvalue weighted by atomic mass is 32.2. The van der Waals surface area contributed by atoms with Crippen molar-refractivity contribution < 1.29 is 61.4 Å². The number of quaternary nitrogens is 1. The van der Waals surface area contributed by atoms with Crippen LogP contribution in [0.5, 0.6) is 5.88 Å². The summed E-state index contributed by atoms with van der Waals surface area (Å²) >= 11 is 0. The number of amides is 1. The van der Waals surface area contributed by atoms with Crippen LogP contribution in [-0.4, -0.2) is 141 Å². The summed E-state index contributed by atoms with van der Waals surface area (Å²) in [6, 6.07) is 7.66. The minimum atomic E-state index is -3.79. The molecular weight excluding hydrogens is 955 g/mol. The first-order valence-corrected chi connectivity index (χ1v) is 25.0. The number of unbranched alkanes of at least 4 members (excludes halogenated alkanes) is 1. The number of carboxylic acid groups (broad SMARTS) is 1. The van der Waals surface area contributed by atoms with E-state index in [2.05, 4.69) is 36.3 Å². The van der Waals surface area contributed by atoms with Crippen LogP contribution in [0, 0.1) is 40.4 Å². The summed E-state index contributed by atoms with van der Waals surface area (Å²) in [6.07, 6.45) is 5.60. The van der Waals surface area contributed by atoms with Crippen LogP contribution in [-0.2, 0) is 59.4 Å². The van der Waals surface area contributed by atoms with E-state index in [1.807, 2.05) is 19.9 Å². The van der Waals surface area contributed by atoms with Gasteiger partial charge in [-0.1, -0.05) is 34.1 Å². The summed E-state index contributed by atoms with van der Waals surface area (Å²) in [5.41, 5.74) is -0.779. The number of carbonyl (C=O) groups excluding carboxylic acids is 3. The quantitative estimate of drug-likeness (QED) is 0.0926. The summed E-state index contributed by atoms with van der Waals surface area (Å²) < 4.78 is 57.5. The number of nitrogens with zero attached hydrogens (tertiary/aromatic N) is 5. The minimum Gasteiger partial charge on any atom is -0.549 e. The lowest BCUT2D eigenvalue weighted by Crippen LogP contribution is -2.46. The predicted molar refractivity (Wildman–Crippen MR) is 274 cm³/mol. The third kappa shape index (κ3) is 24.3. The van der Waals surface area contributed by atoms with E-state index in [4.69, 9.17) is 28.4 Å². The molecule has 1 heterocycles. The third-order valence-electron chi connectivity index (χ3n) is 11.4. The summed E-state index contributed by atoms with van der Waals surface area (Å²) in [7, 11) is 5.42. The highest BCUT2D eigenvalue weighted by Crippen LogP contribution is 2.49. The van der Waals surface area contributed by atoms with Crippen LogP contribution in [0.2, 0.25) is 0 Å². The van der Waals surface area contributed by atoms with Crippen LogP contribution in [0.1, 0.15) is 105 Å². The molecule has 1 aromatic heterocycles. The molecule has 22 heteroatoms. The zero-order chi connectivity index (χ0) is 54.6. The van der Waals surface area contributed by atoms with E-state index in [9.17, 15) is 43.1 Å². The van der Waals surface area contributed by atoms with Crippen molar-refractivity contribution in [1.82, 2.24) is 20.3 Å². The van der Waals surface area contributed by atoms with Gasteiger partial charge in [-0.15, -0.1) is 5.11 Å². The maximum absolute atomic E-state index is 13.0. The monoisotopic (exact) mass is 1040 g/mol. The Kier molecular flexibility index (Phi) is 33.4. The van der Waals surface area contributed by atoms with E-state index >= 15 is 0 Å². The molecule has 0 bridgehead atoms. The number of carbonyl (C=O) groups is 3. The van der Waals surface area contributed by atoms with Crippen LogP contribution in [0.4, 0.5) is 11.4 Å². The number of benzene rings is 1. The number of methoxy groups -OCH3 is 6. The van der Waals surface area contributed by atoms with Gasteiger partial charge in [0.1, 0.15) is 17.4 Å². The number of carboxylic acids is 1. The first-order chi connectivity index (χ1) is 33.2. The molecule has 1 aliphatic carbocycles. The van der Waals surface area contributed by atoms with Gasteiger partial charge >= 0.3 is 0 Å². The van der Waals surface area contributed by atoms with Gasteiger partial charge in [0.05, 0.1) is 61.1 Å². The molecule has 1 fully saturated rings. The second-order valence-corrected chi connectivity index (χ2v) is 21.1. The number of aromatic hydroxyl groups is 1. The predicted octanol–water partition coefficient (Wildman–Crippen LogP) is 6.25. The molecular formula is C50H87N7O14S. The van der Waals surface area contributed by atoms with E-state index in [-0.39, 0.29) is 108 Å². The van der Waals surface area contributed by atoms with Gasteiger partial charge in [0.25, 0.3) is 5.56 Å². The largest absolute Gasteiger partial charge is 0.549 e. The Balaban J connectivity index is 0. The number of nitriles is 1. The number of Topliss-reactive ketones (excluding diaryl/α,β-unsaturated/α-hetero) is 1. The average molecular weight is 1040 g/mol. The molecule has 0 radical (unpaired) electrons. The third-order valence-corrected chi connectivity index (χ3v) is 13.3. The molecule has 72 heavy (non-hydrogen) atoms. The molecule has 3 rings (SSSR count). The van der Waals surface area contributed by atoms with Gasteiger partial charge in [-0.25, -0.2) is 8.42 Å². The maximum atomic E-state index is 13.0. The first kappa shape index (κ1) is 69.4. The number of hydrogen-bond donors (Lipinski definition) is 3. The van der Waals surface area contributed by atoms with E-state index in [1.54, 1.807) is 28.1 Å². The van der Waals surface area contributed by atoms with Crippen molar-refractivity contribution in [1.29, 1.82) is 5.26 Å². The Morgan fingerprint density at radius 2 is 1.53 bits per heavy atom. The highest BCUT2D eigenvalue weighted by Gasteiger charge is 2.41. The van der Waals surface area contributed by atoms with Crippen molar-refractivity contribution in [2.75, 3.05) is 95.3 Å². The van der Waals surface area contributed by atoms with Crippen molar-refractivity contribution in [2.24, 2.45) is 32.4 Å². The summed E-state index contributed by atoms with van der Waals surface area (Å²) in [4.78, 5) is 45.9. The molecule has 0 saturated heterocycles. The average Bonchev–Trinajstić information content (AvgIpc) is 3.28. The Bertz CT molecular complexity index is 2170. The molecule has 21 nitrogen and oxygen atoms in total. The normalized spacial score (nSPS) is 16.6. The molecule has 3 atom stereocenters. The Labute approximate surface area is 428 Å². The molecule has 3 unspecified atom stereocenters. The van der Waals surface area contributed by atoms with Crippen molar-refractivity contribution in [3.05, 3.63) is 45.7 Å². The number of azo groups is 1. The maximum Gasteiger partial charge on any atom is 0.281 e. The topological polar surface area (TPSA) is 306 Å². The molecule has 0 spiro atoms. The molecule has 1 aromatic carbocycles. The summed E-state index contributed by atoms with van der Waals surface area (Å²) in [6.45, 7) is 19.6. The number of ketones is 1. The molecule has 1 amide bonds. The summed E-state index contributed by atoms with van der Waals surface area (Å²) in [5.74, 6) is -0.767. The Hall–Kier alpha value is -4.70. The zero-order valence-corrected chi connectivity index (χ0v) is 46.8. The number of pyridine rings is 1. The van der Waals surface area contributed by atoms with E-state index < -0.39 is 27.0 Å². The lowest BCUT2D eigenvalue weighted by Gasteiger charge is -2.46. The van der Waals surface area contributed by atoms with Gasteiger partial charge in [-0.05, 0) is 94.4 Å². The van der Waals surface area contributed by atoms with Gasteiger partial charge < -0.3 is 59.7 Å². The van der Waals surface area contributed by atoms with Crippen molar-refractivity contribution >= 4 is 39.1 Å². The highest BCUT2D eigenvalue weighted by molar-refractivity contribution is 7.89. The lowest BCUT2D eigenvalue weighted by atomic mass is 9.60. The van der Waals surface area contributed by atoms with E-state index in [0.717, 1.165) is 36.8 Å². The van der Waals surface area contributed by atoms with Crippen molar-refractivity contribution in [3.63, 3.8) is 0 Å². The minimum absolute atomic E-state index is 0. The van der Waals surface area contributed by atoms with Gasteiger partial charge in [0.15, 0.2) is 5.69 Å².